The van der Waals surface area contributed by atoms with Crippen molar-refractivity contribution in [2.45, 2.75) is 32.2 Å². The molecule has 0 radical (unpaired) electrons. The molecular weight excluding hydrogens is 214 g/mol. The van der Waals surface area contributed by atoms with E-state index in [9.17, 15) is 0 Å². The van der Waals surface area contributed by atoms with E-state index in [0.29, 0.717) is 0 Å². The maximum absolute atomic E-state index is 6.12. The van der Waals surface area contributed by atoms with E-state index < -0.39 is 0 Å². The molecule has 1 unspecified atom stereocenters. The summed E-state index contributed by atoms with van der Waals surface area (Å²) in [6.07, 6.45) is 2.94. The smallest absolute Gasteiger partial charge is 0.119 e. The molecule has 0 aliphatic rings. The van der Waals surface area contributed by atoms with Crippen molar-refractivity contribution < 1.29 is 9.47 Å². The van der Waals surface area contributed by atoms with Crippen LogP contribution in [0.4, 0.5) is 0 Å². The van der Waals surface area contributed by atoms with Crippen LogP contribution in [0.2, 0.25) is 0 Å². The van der Waals surface area contributed by atoms with E-state index in [-0.39, 0.29) is 6.04 Å². The second-order valence-corrected chi connectivity index (χ2v) is 4.16. The monoisotopic (exact) mass is 237 g/mol. The summed E-state index contributed by atoms with van der Waals surface area (Å²) < 4.78 is 10.6. The van der Waals surface area contributed by atoms with Gasteiger partial charge in [0, 0.05) is 19.8 Å². The Balaban J connectivity index is 2.51. The Hall–Kier alpha value is -1.06. The number of hydrogen-bond donors (Lipinski definition) is 1. The summed E-state index contributed by atoms with van der Waals surface area (Å²) in [5.41, 5.74) is 7.26. The molecule has 1 atom stereocenters. The fourth-order valence-corrected chi connectivity index (χ4v) is 1.67. The number of rotatable bonds is 8. The Morgan fingerprint density at radius 3 is 2.82 bits per heavy atom. The van der Waals surface area contributed by atoms with E-state index in [1.165, 1.54) is 0 Å². The Bertz CT molecular complexity index is 315. The largest absolute Gasteiger partial charge is 0.494 e. The van der Waals surface area contributed by atoms with Gasteiger partial charge in [-0.2, -0.15) is 0 Å². The zero-order valence-electron chi connectivity index (χ0n) is 10.8. The van der Waals surface area contributed by atoms with Crippen molar-refractivity contribution >= 4 is 0 Å². The first kappa shape index (κ1) is 14.0. The van der Waals surface area contributed by atoms with Gasteiger partial charge in [0.2, 0.25) is 0 Å². The van der Waals surface area contributed by atoms with Gasteiger partial charge >= 0.3 is 0 Å². The lowest BCUT2D eigenvalue weighted by molar-refractivity contribution is 0.190. The van der Waals surface area contributed by atoms with Crippen molar-refractivity contribution in [2.24, 2.45) is 5.73 Å². The Morgan fingerprint density at radius 1 is 1.29 bits per heavy atom. The number of hydrogen-bond acceptors (Lipinski definition) is 3. The van der Waals surface area contributed by atoms with Gasteiger partial charge in [-0.1, -0.05) is 19.1 Å². The van der Waals surface area contributed by atoms with Crippen molar-refractivity contribution in [1.29, 1.82) is 0 Å². The molecule has 1 aromatic rings. The number of methoxy groups -OCH3 is 1. The predicted molar refractivity (Wildman–Crippen MR) is 70.3 cm³/mol. The first-order valence-corrected chi connectivity index (χ1v) is 6.25. The summed E-state index contributed by atoms with van der Waals surface area (Å²) in [5, 5.41) is 0. The first-order valence-electron chi connectivity index (χ1n) is 6.25. The second kappa shape index (κ2) is 8.09. The van der Waals surface area contributed by atoms with Gasteiger partial charge < -0.3 is 15.2 Å². The molecule has 0 amide bonds. The molecule has 0 fully saturated rings. The fourth-order valence-electron chi connectivity index (χ4n) is 1.67. The van der Waals surface area contributed by atoms with Crippen molar-refractivity contribution in [2.75, 3.05) is 20.3 Å². The molecule has 0 spiro atoms. The molecule has 0 heterocycles. The summed E-state index contributed by atoms with van der Waals surface area (Å²) in [7, 11) is 1.71. The number of benzene rings is 1. The highest BCUT2D eigenvalue weighted by atomic mass is 16.5. The van der Waals surface area contributed by atoms with Crippen molar-refractivity contribution in [1.82, 2.24) is 0 Å². The van der Waals surface area contributed by atoms with Crippen LogP contribution >= 0.6 is 0 Å². The van der Waals surface area contributed by atoms with Crippen LogP contribution in [0.25, 0.3) is 0 Å². The first-order chi connectivity index (χ1) is 8.27. The van der Waals surface area contributed by atoms with Crippen LogP contribution in [0, 0.1) is 0 Å². The highest BCUT2D eigenvalue weighted by molar-refractivity contribution is 5.30. The normalized spacial score (nSPS) is 12.4. The third-order valence-electron chi connectivity index (χ3n) is 2.62. The molecule has 0 saturated heterocycles. The maximum atomic E-state index is 6.12. The quantitative estimate of drug-likeness (QED) is 0.707. The molecule has 96 valence electrons. The van der Waals surface area contributed by atoms with Crippen LogP contribution in [0.15, 0.2) is 24.3 Å². The molecule has 3 nitrogen and oxygen atoms in total. The third kappa shape index (κ3) is 5.20. The van der Waals surface area contributed by atoms with Crippen LogP contribution < -0.4 is 10.5 Å². The van der Waals surface area contributed by atoms with Crippen LogP contribution in [0.1, 0.15) is 37.8 Å². The molecule has 0 bridgehead atoms. The van der Waals surface area contributed by atoms with E-state index in [1.54, 1.807) is 7.11 Å². The zero-order chi connectivity index (χ0) is 12.5. The molecule has 3 heteroatoms. The molecular formula is C14H23NO2. The molecule has 2 N–H and O–H groups in total. The number of ether oxygens (including phenoxy) is 2. The fraction of sp³-hybridized carbons (Fsp3) is 0.571. The lowest BCUT2D eigenvalue weighted by Crippen LogP contribution is -2.11. The molecule has 1 aromatic carbocycles. The SMILES string of the molecule is CCCOc1cccc(C(N)CCCOC)c1. The van der Waals surface area contributed by atoms with E-state index in [1.807, 2.05) is 18.2 Å². The van der Waals surface area contributed by atoms with E-state index in [2.05, 4.69) is 13.0 Å². The minimum absolute atomic E-state index is 0.0651. The summed E-state index contributed by atoms with van der Waals surface area (Å²) >= 11 is 0. The van der Waals surface area contributed by atoms with E-state index in [4.69, 9.17) is 15.2 Å². The zero-order valence-corrected chi connectivity index (χ0v) is 10.8. The lowest BCUT2D eigenvalue weighted by Gasteiger charge is -2.13. The van der Waals surface area contributed by atoms with Gasteiger partial charge in [0.15, 0.2) is 0 Å². The standard InChI is InChI=1S/C14H23NO2/c1-3-9-17-13-7-4-6-12(11-13)14(15)8-5-10-16-2/h4,6-7,11,14H,3,5,8-10,15H2,1-2H3. The average molecular weight is 237 g/mol. The Kier molecular flexibility index (Phi) is 6.67. The highest BCUT2D eigenvalue weighted by Gasteiger charge is 2.06. The molecule has 0 aromatic heterocycles. The van der Waals surface area contributed by atoms with Gasteiger partial charge in [0.1, 0.15) is 5.75 Å². The molecule has 1 rings (SSSR count). The Labute approximate surface area is 104 Å². The minimum atomic E-state index is 0.0651. The summed E-state index contributed by atoms with van der Waals surface area (Å²) in [5.74, 6) is 0.909. The molecule has 0 saturated carbocycles. The van der Waals surface area contributed by atoms with Gasteiger partial charge in [0.25, 0.3) is 0 Å². The van der Waals surface area contributed by atoms with Crippen molar-refractivity contribution in [3.05, 3.63) is 29.8 Å². The second-order valence-electron chi connectivity index (χ2n) is 4.16. The van der Waals surface area contributed by atoms with Crippen molar-refractivity contribution in [3.8, 4) is 5.75 Å². The van der Waals surface area contributed by atoms with Crippen LogP contribution in [-0.2, 0) is 4.74 Å². The molecule has 0 aliphatic carbocycles. The predicted octanol–water partition coefficient (Wildman–Crippen LogP) is 2.90. The van der Waals surface area contributed by atoms with Gasteiger partial charge in [-0.3, -0.25) is 0 Å². The highest BCUT2D eigenvalue weighted by Crippen LogP contribution is 2.21. The molecule has 0 aliphatic heterocycles. The summed E-state index contributed by atoms with van der Waals surface area (Å²) in [6, 6.07) is 8.12. The van der Waals surface area contributed by atoms with Crippen LogP contribution in [0.3, 0.4) is 0 Å². The average Bonchev–Trinajstić information content (AvgIpc) is 2.37. The van der Waals surface area contributed by atoms with Crippen LogP contribution in [-0.4, -0.2) is 20.3 Å². The van der Waals surface area contributed by atoms with Gasteiger partial charge in [0.05, 0.1) is 6.61 Å². The topological polar surface area (TPSA) is 44.5 Å². The number of nitrogens with two attached hydrogens (primary N) is 1. The lowest BCUT2D eigenvalue weighted by atomic mass is 10.0. The third-order valence-corrected chi connectivity index (χ3v) is 2.62. The van der Waals surface area contributed by atoms with E-state index >= 15 is 0 Å². The van der Waals surface area contributed by atoms with Gasteiger partial charge in [-0.15, -0.1) is 0 Å². The van der Waals surface area contributed by atoms with E-state index in [0.717, 1.165) is 43.8 Å². The summed E-state index contributed by atoms with van der Waals surface area (Å²) in [4.78, 5) is 0. The Morgan fingerprint density at radius 2 is 2.12 bits per heavy atom. The van der Waals surface area contributed by atoms with Gasteiger partial charge in [-0.05, 0) is 37.0 Å². The molecule has 17 heavy (non-hydrogen) atoms. The van der Waals surface area contributed by atoms with Gasteiger partial charge in [-0.25, -0.2) is 0 Å². The van der Waals surface area contributed by atoms with Crippen molar-refractivity contribution in [3.63, 3.8) is 0 Å². The maximum Gasteiger partial charge on any atom is 0.119 e. The summed E-state index contributed by atoms with van der Waals surface area (Å²) in [6.45, 7) is 3.61. The minimum Gasteiger partial charge on any atom is -0.494 e. The van der Waals surface area contributed by atoms with Crippen LogP contribution in [0.5, 0.6) is 5.75 Å².